The third kappa shape index (κ3) is 6.89. The summed E-state index contributed by atoms with van der Waals surface area (Å²) in [4.78, 5) is 26.2. The number of fused-ring (bicyclic) bond motifs is 1. The Morgan fingerprint density at radius 2 is 1.79 bits per heavy atom. The van der Waals surface area contributed by atoms with Gasteiger partial charge in [-0.15, -0.1) is 10.2 Å². The van der Waals surface area contributed by atoms with E-state index >= 15 is 0 Å². The summed E-state index contributed by atoms with van der Waals surface area (Å²) in [6.45, 7) is 4.34. The first kappa shape index (κ1) is 29.9. The number of ether oxygens (including phenoxy) is 1. The van der Waals surface area contributed by atoms with Gasteiger partial charge in [-0.2, -0.15) is 0 Å². The molecule has 0 aliphatic carbocycles. The summed E-state index contributed by atoms with van der Waals surface area (Å²) in [7, 11) is 0. The second kappa shape index (κ2) is 13.0. The monoisotopic (exact) mass is 536 g/mol. The van der Waals surface area contributed by atoms with Gasteiger partial charge in [0.1, 0.15) is 11.9 Å². The quantitative estimate of drug-likeness (QED) is 0.293. The van der Waals surface area contributed by atoms with Gasteiger partial charge in [-0.1, -0.05) is 68.1 Å². The fraction of sp³-hybridized carbons (Fsp3) is 0.448. The Hall–Kier alpha value is -3.60. The molecule has 2 amide bonds. The number of aliphatic hydroxyl groups is 1. The first-order chi connectivity index (χ1) is 18.2. The number of rotatable bonds is 11. The molecule has 0 bridgehead atoms. The van der Waals surface area contributed by atoms with Crippen LogP contribution in [0.5, 0.6) is 0 Å². The Morgan fingerprint density at radius 3 is 2.44 bits per heavy atom. The Morgan fingerprint density at radius 1 is 1.13 bits per heavy atom. The van der Waals surface area contributed by atoms with Gasteiger partial charge < -0.3 is 30.8 Å². The number of amides is 2. The van der Waals surface area contributed by atoms with Crippen molar-refractivity contribution in [3.8, 4) is 0 Å². The van der Waals surface area contributed by atoms with Crippen LogP contribution in [-0.4, -0.2) is 57.0 Å². The van der Waals surface area contributed by atoms with Gasteiger partial charge in [-0.25, -0.2) is 0 Å². The van der Waals surface area contributed by atoms with Crippen LogP contribution in [0, 0.1) is 0 Å². The van der Waals surface area contributed by atoms with Crippen LogP contribution in [0.15, 0.2) is 60.7 Å². The number of carbonyl (C=O) groups excluding carboxylic acids is 2. The molecule has 1 aliphatic rings. The average molecular weight is 537 g/mol. The van der Waals surface area contributed by atoms with Crippen molar-refractivity contribution < 1.29 is 19.4 Å². The third-order valence-electron chi connectivity index (χ3n) is 6.83. The van der Waals surface area contributed by atoms with E-state index in [1.165, 1.54) is 0 Å². The molecule has 1 unspecified atom stereocenters. The summed E-state index contributed by atoms with van der Waals surface area (Å²) in [6, 6.07) is 18.8. The lowest BCUT2D eigenvalue weighted by atomic mass is 9.72. The minimum absolute atomic E-state index is 0. The highest BCUT2D eigenvalue weighted by atomic mass is 16.5. The summed E-state index contributed by atoms with van der Waals surface area (Å²) < 4.78 is 7.94. The van der Waals surface area contributed by atoms with Crippen molar-refractivity contribution in [2.45, 2.75) is 64.3 Å². The molecule has 39 heavy (non-hydrogen) atoms. The average Bonchev–Trinajstić information content (AvgIpc) is 3.34. The Labute approximate surface area is 230 Å². The zero-order valence-corrected chi connectivity index (χ0v) is 21.9. The maximum atomic E-state index is 13.4. The van der Waals surface area contributed by atoms with Crippen LogP contribution >= 0.6 is 0 Å². The number of nitrogens with one attached hydrogen (secondary N) is 2. The van der Waals surface area contributed by atoms with Crippen molar-refractivity contribution in [1.82, 2.24) is 25.4 Å². The Kier molecular flexibility index (Phi) is 9.96. The number of nitrogens with zero attached hydrogens (tertiary/aromatic N) is 3. The van der Waals surface area contributed by atoms with Crippen LogP contribution in [0.1, 0.15) is 56.5 Å². The molecule has 2 aromatic carbocycles. The molecule has 10 heteroatoms. The molecule has 0 saturated heterocycles. The molecule has 1 aliphatic heterocycles. The molecule has 10 nitrogen and oxygen atoms in total. The summed E-state index contributed by atoms with van der Waals surface area (Å²) in [6.07, 6.45) is 0.829. The predicted octanol–water partition coefficient (Wildman–Crippen LogP) is 2.02. The van der Waals surface area contributed by atoms with Gasteiger partial charge in [0.25, 0.3) is 0 Å². The lowest BCUT2D eigenvalue weighted by Crippen LogP contribution is -2.51. The highest BCUT2D eigenvalue weighted by molar-refractivity contribution is 5.88. The molecule has 0 radical (unpaired) electrons. The van der Waals surface area contributed by atoms with E-state index in [2.05, 4.69) is 20.8 Å². The highest BCUT2D eigenvalue weighted by Gasteiger charge is 2.45. The van der Waals surface area contributed by atoms with E-state index in [4.69, 9.17) is 10.5 Å². The van der Waals surface area contributed by atoms with E-state index in [9.17, 15) is 14.7 Å². The minimum Gasteiger partial charge on any atom is -0.395 e. The summed E-state index contributed by atoms with van der Waals surface area (Å²) in [5, 5.41) is 24.0. The molecule has 4 rings (SSSR count). The van der Waals surface area contributed by atoms with Gasteiger partial charge in [-0.3, -0.25) is 9.59 Å². The van der Waals surface area contributed by atoms with E-state index < -0.39 is 17.0 Å². The second-order valence-corrected chi connectivity index (χ2v) is 10.2. The Balaban J connectivity index is 0.00000420. The summed E-state index contributed by atoms with van der Waals surface area (Å²) >= 11 is 0. The second-order valence-electron chi connectivity index (χ2n) is 10.2. The molecule has 0 fully saturated rings. The standard InChI is InChI=1S/C28H36N6O4.CH4/c1-27(2,29)25(36)31-22(19-38-18-20-9-5-3-6-10-20)24-33-32-23-17-28(13-15-34(23)24,26(37)30-14-16-35)21-11-7-4-8-12-21;/h3-12,22,35H,13-19,29H2,1-2H3,(H,30,37)(H,31,36);1H4/t22-,28?;/m1./s1. The van der Waals surface area contributed by atoms with Crippen molar-refractivity contribution in [2.24, 2.45) is 5.73 Å². The smallest absolute Gasteiger partial charge is 0.240 e. The number of hydrogen-bond acceptors (Lipinski definition) is 7. The zero-order valence-electron chi connectivity index (χ0n) is 21.9. The molecule has 2 heterocycles. The number of aromatic nitrogens is 3. The van der Waals surface area contributed by atoms with Crippen molar-refractivity contribution in [3.05, 3.63) is 83.4 Å². The van der Waals surface area contributed by atoms with E-state index in [0.717, 1.165) is 11.1 Å². The molecule has 5 N–H and O–H groups in total. The van der Waals surface area contributed by atoms with Crippen molar-refractivity contribution in [1.29, 1.82) is 0 Å². The van der Waals surface area contributed by atoms with Gasteiger partial charge in [0.2, 0.25) is 11.8 Å². The largest absolute Gasteiger partial charge is 0.395 e. The lowest BCUT2D eigenvalue weighted by Gasteiger charge is -2.37. The number of nitrogens with two attached hydrogens (primary N) is 1. The number of hydrogen-bond donors (Lipinski definition) is 4. The van der Waals surface area contributed by atoms with E-state index in [1.807, 2.05) is 65.2 Å². The van der Waals surface area contributed by atoms with Crippen LogP contribution in [0.2, 0.25) is 0 Å². The predicted molar refractivity (Wildman–Crippen MR) is 149 cm³/mol. The highest BCUT2D eigenvalue weighted by Crippen LogP contribution is 2.37. The fourth-order valence-corrected chi connectivity index (χ4v) is 4.70. The maximum Gasteiger partial charge on any atom is 0.240 e. The molecule has 1 aromatic heterocycles. The molecule has 0 spiro atoms. The SMILES string of the molecule is C.CC(C)(N)C(=O)N[C@H](COCc1ccccc1)c1nnc2n1CCC(C(=O)NCCO)(c1ccccc1)C2. The zero-order chi connectivity index (χ0) is 27.2. The van der Waals surface area contributed by atoms with Crippen LogP contribution in [0.4, 0.5) is 0 Å². The summed E-state index contributed by atoms with van der Waals surface area (Å²) in [5.41, 5.74) is 6.01. The van der Waals surface area contributed by atoms with Gasteiger partial charge in [0.05, 0.1) is 30.8 Å². The molecular weight excluding hydrogens is 496 g/mol. The summed E-state index contributed by atoms with van der Waals surface area (Å²) in [5.74, 6) is 0.710. The number of carbonyl (C=O) groups is 2. The first-order valence-corrected chi connectivity index (χ1v) is 12.8. The van der Waals surface area contributed by atoms with E-state index in [1.54, 1.807) is 13.8 Å². The molecule has 210 valence electrons. The van der Waals surface area contributed by atoms with Crippen LogP contribution in [0.25, 0.3) is 0 Å². The number of benzene rings is 2. The lowest BCUT2D eigenvalue weighted by molar-refractivity contribution is -0.128. The topological polar surface area (TPSA) is 144 Å². The Bertz CT molecular complexity index is 1230. The van der Waals surface area contributed by atoms with Crippen LogP contribution in [-0.2, 0) is 39.3 Å². The molecule has 3 aromatic rings. The van der Waals surface area contributed by atoms with Crippen molar-refractivity contribution >= 4 is 11.8 Å². The van der Waals surface area contributed by atoms with Crippen LogP contribution < -0.4 is 16.4 Å². The molecule has 2 atom stereocenters. The van der Waals surface area contributed by atoms with E-state index in [-0.39, 0.29) is 39.0 Å². The van der Waals surface area contributed by atoms with Gasteiger partial charge in [0, 0.05) is 19.5 Å². The minimum atomic E-state index is -1.09. The van der Waals surface area contributed by atoms with E-state index in [0.29, 0.717) is 37.6 Å². The van der Waals surface area contributed by atoms with Crippen LogP contribution in [0.3, 0.4) is 0 Å². The number of aliphatic hydroxyl groups excluding tert-OH is 1. The fourth-order valence-electron chi connectivity index (χ4n) is 4.70. The van der Waals surface area contributed by atoms with Crippen molar-refractivity contribution in [2.75, 3.05) is 19.8 Å². The normalized spacial score (nSPS) is 17.4. The maximum absolute atomic E-state index is 13.4. The van der Waals surface area contributed by atoms with Crippen molar-refractivity contribution in [3.63, 3.8) is 0 Å². The van der Waals surface area contributed by atoms with Gasteiger partial charge in [0.15, 0.2) is 5.82 Å². The first-order valence-electron chi connectivity index (χ1n) is 12.8. The van der Waals surface area contributed by atoms with Gasteiger partial charge >= 0.3 is 0 Å². The third-order valence-corrected chi connectivity index (χ3v) is 6.83. The van der Waals surface area contributed by atoms with Gasteiger partial charge in [-0.05, 0) is 31.4 Å². The molecule has 0 saturated carbocycles. The molecular formula is C29H40N6O4.